The highest BCUT2D eigenvalue weighted by Gasteiger charge is 2.25. The van der Waals surface area contributed by atoms with Gasteiger partial charge in [-0.05, 0) is 30.7 Å². The Morgan fingerprint density at radius 2 is 1.30 bits per heavy atom. The highest BCUT2D eigenvalue weighted by molar-refractivity contribution is 6.48. The van der Waals surface area contributed by atoms with Crippen LogP contribution < -0.4 is 8.85 Å². The van der Waals surface area contributed by atoms with E-state index in [0.29, 0.717) is 5.54 Å². The first-order valence-corrected chi connectivity index (χ1v) is 8.84. The van der Waals surface area contributed by atoms with Crippen LogP contribution in [0.1, 0.15) is 26.7 Å². The first-order valence-electron chi connectivity index (χ1n) is 7.23. The average Bonchev–Trinajstić information content (AvgIpc) is 2.49. The van der Waals surface area contributed by atoms with Crippen LogP contribution in [-0.2, 0) is 0 Å². The predicted octanol–water partition coefficient (Wildman–Crippen LogP) is 4.56. The van der Waals surface area contributed by atoms with Crippen LogP contribution in [0.15, 0.2) is 60.7 Å². The van der Waals surface area contributed by atoms with Crippen LogP contribution in [0.5, 0.6) is 11.5 Å². The molecule has 2 nitrogen and oxygen atoms in total. The Bertz CT molecular complexity index is 445. The monoisotopic (exact) mass is 286 g/mol. The van der Waals surface area contributed by atoms with Crippen LogP contribution >= 0.6 is 0 Å². The molecule has 1 unspecified atom stereocenters. The summed E-state index contributed by atoms with van der Waals surface area (Å²) < 4.78 is 12.3. The van der Waals surface area contributed by atoms with Gasteiger partial charge in [0.25, 0.3) is 0 Å². The number of rotatable bonds is 7. The second kappa shape index (κ2) is 7.75. The zero-order valence-electron chi connectivity index (χ0n) is 12.2. The second-order valence-corrected chi connectivity index (χ2v) is 7.34. The number of hydrogen-bond donors (Lipinski definition) is 0. The maximum atomic E-state index is 6.15. The fourth-order valence-corrected chi connectivity index (χ4v) is 4.08. The minimum absolute atomic E-state index is 0.473. The van der Waals surface area contributed by atoms with Gasteiger partial charge in [0, 0.05) is 5.54 Å². The van der Waals surface area contributed by atoms with Gasteiger partial charge in [-0.2, -0.15) is 0 Å². The summed E-state index contributed by atoms with van der Waals surface area (Å²) in [6.45, 7) is 4.43. The Balaban J connectivity index is 2.08. The van der Waals surface area contributed by atoms with Crippen molar-refractivity contribution < 1.29 is 8.85 Å². The molecule has 0 amide bonds. The molecule has 0 aliphatic heterocycles. The molecule has 0 saturated heterocycles. The normalized spacial score (nSPS) is 12.2. The summed E-state index contributed by atoms with van der Waals surface area (Å²) in [4.78, 5) is 0. The van der Waals surface area contributed by atoms with E-state index in [4.69, 9.17) is 8.85 Å². The van der Waals surface area contributed by atoms with Gasteiger partial charge in [0.1, 0.15) is 11.5 Å². The van der Waals surface area contributed by atoms with Crippen molar-refractivity contribution in [3.8, 4) is 11.5 Å². The Hall–Kier alpha value is -1.74. The zero-order valence-corrected chi connectivity index (χ0v) is 13.3. The Morgan fingerprint density at radius 3 is 1.70 bits per heavy atom. The number of para-hydroxylation sites is 2. The maximum absolute atomic E-state index is 6.15. The zero-order chi connectivity index (χ0) is 14.2. The molecule has 0 aliphatic rings. The van der Waals surface area contributed by atoms with E-state index in [-0.39, 0.29) is 0 Å². The van der Waals surface area contributed by atoms with Crippen LogP contribution in [0.25, 0.3) is 0 Å². The molecule has 0 aromatic heterocycles. The molecule has 0 radical (unpaired) electrons. The summed E-state index contributed by atoms with van der Waals surface area (Å²) in [5.41, 5.74) is 0.473. The largest absolute Gasteiger partial charge is 0.514 e. The Kier molecular flexibility index (Phi) is 5.68. The predicted molar refractivity (Wildman–Crippen MR) is 85.6 cm³/mol. The Labute approximate surface area is 123 Å². The minimum atomic E-state index is -1.80. The molecule has 0 saturated carbocycles. The first-order chi connectivity index (χ1) is 9.79. The summed E-state index contributed by atoms with van der Waals surface area (Å²) >= 11 is 0. The highest BCUT2D eigenvalue weighted by Crippen LogP contribution is 2.23. The third kappa shape index (κ3) is 4.42. The molecular weight excluding hydrogens is 264 g/mol. The van der Waals surface area contributed by atoms with Gasteiger partial charge in [-0.3, -0.25) is 0 Å². The molecule has 0 spiro atoms. The summed E-state index contributed by atoms with van der Waals surface area (Å²) in [6, 6.07) is 19.9. The summed E-state index contributed by atoms with van der Waals surface area (Å²) in [7, 11) is -1.80. The fourth-order valence-electron chi connectivity index (χ4n) is 2.11. The smallest absolute Gasteiger partial charge is 0.447 e. The van der Waals surface area contributed by atoms with Crippen LogP contribution in [0, 0.1) is 0 Å². The molecule has 20 heavy (non-hydrogen) atoms. The molecule has 2 rings (SSSR count). The molecule has 2 aromatic carbocycles. The number of benzene rings is 2. The van der Waals surface area contributed by atoms with E-state index in [1.807, 2.05) is 60.7 Å². The van der Waals surface area contributed by atoms with Crippen LogP contribution in [-0.4, -0.2) is 9.28 Å². The van der Waals surface area contributed by atoms with Crippen molar-refractivity contribution in [2.75, 3.05) is 0 Å². The van der Waals surface area contributed by atoms with Crippen LogP contribution in [0.2, 0.25) is 5.54 Å². The van der Waals surface area contributed by atoms with Gasteiger partial charge in [0.2, 0.25) is 0 Å². The Morgan fingerprint density at radius 1 is 0.850 bits per heavy atom. The van der Waals surface area contributed by atoms with Crippen molar-refractivity contribution in [1.82, 2.24) is 0 Å². The van der Waals surface area contributed by atoms with E-state index in [0.717, 1.165) is 24.3 Å². The minimum Gasteiger partial charge on any atom is -0.514 e. The molecule has 106 valence electrons. The van der Waals surface area contributed by atoms with Crippen molar-refractivity contribution >= 4 is 9.28 Å². The van der Waals surface area contributed by atoms with E-state index >= 15 is 0 Å². The molecule has 0 N–H and O–H groups in total. The lowest BCUT2D eigenvalue weighted by atomic mass is 10.3. The van der Waals surface area contributed by atoms with Gasteiger partial charge >= 0.3 is 9.28 Å². The average molecular weight is 286 g/mol. The van der Waals surface area contributed by atoms with E-state index in [1.54, 1.807) is 0 Å². The quantitative estimate of drug-likeness (QED) is 0.695. The third-order valence-electron chi connectivity index (χ3n) is 3.20. The topological polar surface area (TPSA) is 18.5 Å². The van der Waals surface area contributed by atoms with Crippen molar-refractivity contribution in [3.63, 3.8) is 0 Å². The van der Waals surface area contributed by atoms with Crippen molar-refractivity contribution in [3.05, 3.63) is 60.7 Å². The van der Waals surface area contributed by atoms with Crippen molar-refractivity contribution in [2.24, 2.45) is 0 Å². The lowest BCUT2D eigenvalue weighted by Gasteiger charge is -2.23. The van der Waals surface area contributed by atoms with Crippen LogP contribution in [0.3, 0.4) is 0 Å². The van der Waals surface area contributed by atoms with Gasteiger partial charge in [-0.25, -0.2) is 0 Å². The van der Waals surface area contributed by atoms with E-state index in [2.05, 4.69) is 13.8 Å². The van der Waals surface area contributed by atoms with E-state index in [1.165, 1.54) is 0 Å². The molecule has 0 fully saturated rings. The van der Waals surface area contributed by atoms with E-state index in [9.17, 15) is 0 Å². The van der Waals surface area contributed by atoms with Gasteiger partial charge in [-0.1, -0.05) is 56.7 Å². The summed E-state index contributed by atoms with van der Waals surface area (Å²) in [5, 5.41) is 0. The lowest BCUT2D eigenvalue weighted by Crippen LogP contribution is -2.34. The first kappa shape index (κ1) is 14.7. The van der Waals surface area contributed by atoms with Crippen molar-refractivity contribution in [2.45, 2.75) is 32.2 Å². The van der Waals surface area contributed by atoms with Crippen molar-refractivity contribution in [1.29, 1.82) is 0 Å². The molecule has 0 bridgehead atoms. The summed E-state index contributed by atoms with van der Waals surface area (Å²) in [5.74, 6) is 1.81. The standard InChI is InChI=1S/C17H22O2Si/c1-3-10-15(2)20(18-16-11-6-4-7-12-16)19-17-13-8-5-9-14-17/h4-9,11-15,20H,3,10H2,1-2H3. The van der Waals surface area contributed by atoms with Gasteiger partial charge in [0.15, 0.2) is 0 Å². The van der Waals surface area contributed by atoms with Crippen LogP contribution in [0.4, 0.5) is 0 Å². The molecule has 1 atom stereocenters. The maximum Gasteiger partial charge on any atom is 0.447 e. The molecule has 2 aromatic rings. The molecule has 0 aliphatic carbocycles. The lowest BCUT2D eigenvalue weighted by molar-refractivity contribution is 0.399. The highest BCUT2D eigenvalue weighted by atomic mass is 28.3. The number of hydrogen-bond acceptors (Lipinski definition) is 2. The SMILES string of the molecule is CCCC(C)[SiH](Oc1ccccc1)Oc1ccccc1. The molecular formula is C17H22O2Si. The fraction of sp³-hybridized carbons (Fsp3) is 0.294. The molecule has 3 heteroatoms. The van der Waals surface area contributed by atoms with Gasteiger partial charge in [-0.15, -0.1) is 0 Å². The molecule has 0 heterocycles. The summed E-state index contributed by atoms with van der Waals surface area (Å²) in [6.07, 6.45) is 2.29. The van der Waals surface area contributed by atoms with E-state index < -0.39 is 9.28 Å². The third-order valence-corrected chi connectivity index (χ3v) is 5.47. The second-order valence-electron chi connectivity index (χ2n) is 5.00. The van der Waals surface area contributed by atoms with Gasteiger partial charge < -0.3 is 8.85 Å². The van der Waals surface area contributed by atoms with Gasteiger partial charge in [0.05, 0.1) is 0 Å².